The van der Waals surface area contributed by atoms with Crippen molar-refractivity contribution in [2.45, 2.75) is 20.3 Å². The van der Waals surface area contributed by atoms with Crippen molar-refractivity contribution in [3.05, 3.63) is 59.7 Å². The Morgan fingerprint density at radius 3 is 2.45 bits per heavy atom. The quantitative estimate of drug-likeness (QED) is 0.858. The Labute approximate surface area is 120 Å². The average molecular weight is 268 g/mol. The number of carbonyl (C=O) groups excluding carboxylic acids is 1. The Kier molecular flexibility index (Phi) is 4.77. The molecule has 3 heteroatoms. The van der Waals surface area contributed by atoms with E-state index in [0.29, 0.717) is 5.56 Å². The first-order chi connectivity index (χ1) is 9.70. The van der Waals surface area contributed by atoms with Gasteiger partial charge in [-0.25, -0.2) is 0 Å². The summed E-state index contributed by atoms with van der Waals surface area (Å²) in [5.74, 6) is -0.0898. The molecule has 0 aliphatic heterocycles. The van der Waals surface area contributed by atoms with Crippen LogP contribution in [-0.4, -0.2) is 12.5 Å². The number of carbonyl (C=O) groups is 1. The lowest BCUT2D eigenvalue weighted by Gasteiger charge is -2.11. The maximum atomic E-state index is 12.3. The number of hydrogen-bond donors (Lipinski definition) is 2. The molecule has 2 rings (SSSR count). The minimum atomic E-state index is -0.0898. The van der Waals surface area contributed by atoms with E-state index in [-0.39, 0.29) is 5.91 Å². The molecule has 0 fully saturated rings. The zero-order valence-corrected chi connectivity index (χ0v) is 11.9. The van der Waals surface area contributed by atoms with Gasteiger partial charge in [0.25, 0.3) is 5.91 Å². The van der Waals surface area contributed by atoms with Crippen LogP contribution in [0.1, 0.15) is 29.3 Å². The van der Waals surface area contributed by atoms with Crippen LogP contribution in [0.15, 0.2) is 48.5 Å². The highest BCUT2D eigenvalue weighted by Crippen LogP contribution is 2.17. The van der Waals surface area contributed by atoms with Crippen molar-refractivity contribution < 1.29 is 4.79 Å². The second kappa shape index (κ2) is 6.75. The topological polar surface area (TPSA) is 41.1 Å². The van der Waals surface area contributed by atoms with Crippen LogP contribution in [0, 0.1) is 6.92 Å². The lowest BCUT2D eigenvalue weighted by molar-refractivity contribution is 0.102. The molecule has 2 aromatic carbocycles. The van der Waals surface area contributed by atoms with Crippen molar-refractivity contribution in [1.29, 1.82) is 0 Å². The van der Waals surface area contributed by atoms with Gasteiger partial charge in [-0.05, 0) is 37.6 Å². The Bertz CT molecular complexity index is 576. The van der Waals surface area contributed by atoms with Crippen LogP contribution in [0.3, 0.4) is 0 Å². The summed E-state index contributed by atoms with van der Waals surface area (Å²) in [6, 6.07) is 15.4. The third kappa shape index (κ3) is 3.60. The lowest BCUT2D eigenvalue weighted by atomic mass is 10.1. The molecule has 3 nitrogen and oxygen atoms in total. The summed E-state index contributed by atoms with van der Waals surface area (Å²) >= 11 is 0. The zero-order valence-electron chi connectivity index (χ0n) is 11.9. The zero-order chi connectivity index (χ0) is 14.4. The van der Waals surface area contributed by atoms with Crippen LogP contribution in [0.25, 0.3) is 0 Å². The van der Waals surface area contributed by atoms with Crippen molar-refractivity contribution in [2.24, 2.45) is 0 Å². The van der Waals surface area contributed by atoms with E-state index in [2.05, 4.69) is 17.6 Å². The molecule has 0 saturated heterocycles. The highest BCUT2D eigenvalue weighted by molar-refractivity contribution is 6.08. The number of benzene rings is 2. The molecule has 0 radical (unpaired) electrons. The highest BCUT2D eigenvalue weighted by Gasteiger charge is 2.10. The van der Waals surface area contributed by atoms with Gasteiger partial charge in [-0.15, -0.1) is 0 Å². The van der Waals surface area contributed by atoms with Crippen molar-refractivity contribution in [3.63, 3.8) is 0 Å². The van der Waals surface area contributed by atoms with Gasteiger partial charge in [0.2, 0.25) is 0 Å². The van der Waals surface area contributed by atoms with Crippen LogP contribution in [0.2, 0.25) is 0 Å². The fourth-order valence-corrected chi connectivity index (χ4v) is 1.93. The first kappa shape index (κ1) is 14.1. The Morgan fingerprint density at radius 2 is 1.75 bits per heavy atom. The number of aryl methyl sites for hydroxylation is 1. The third-order valence-electron chi connectivity index (χ3n) is 3.05. The van der Waals surface area contributed by atoms with Gasteiger partial charge in [0, 0.05) is 17.9 Å². The number of rotatable bonds is 5. The monoisotopic (exact) mass is 268 g/mol. The third-order valence-corrected chi connectivity index (χ3v) is 3.05. The van der Waals surface area contributed by atoms with E-state index >= 15 is 0 Å². The molecule has 104 valence electrons. The maximum Gasteiger partial charge on any atom is 0.257 e. The molecule has 0 heterocycles. The van der Waals surface area contributed by atoms with E-state index in [1.54, 1.807) is 0 Å². The molecular formula is C17H20N2O. The van der Waals surface area contributed by atoms with E-state index in [0.717, 1.165) is 24.3 Å². The average Bonchev–Trinajstić information content (AvgIpc) is 2.47. The smallest absolute Gasteiger partial charge is 0.257 e. The second-order valence-corrected chi connectivity index (χ2v) is 4.79. The molecular weight excluding hydrogens is 248 g/mol. The summed E-state index contributed by atoms with van der Waals surface area (Å²) in [5, 5.41) is 6.20. The molecule has 1 amide bonds. The maximum absolute atomic E-state index is 12.3. The van der Waals surface area contributed by atoms with Crippen LogP contribution in [0.5, 0.6) is 0 Å². The number of anilines is 2. The molecule has 0 aliphatic carbocycles. The van der Waals surface area contributed by atoms with Crippen LogP contribution >= 0.6 is 0 Å². The molecule has 2 aromatic rings. The van der Waals surface area contributed by atoms with Gasteiger partial charge < -0.3 is 10.6 Å². The minimum absolute atomic E-state index is 0.0898. The van der Waals surface area contributed by atoms with Gasteiger partial charge in [0.15, 0.2) is 0 Å². The van der Waals surface area contributed by atoms with Crippen molar-refractivity contribution in [1.82, 2.24) is 0 Å². The van der Waals surface area contributed by atoms with Crippen LogP contribution in [0.4, 0.5) is 11.4 Å². The Morgan fingerprint density at radius 1 is 1.05 bits per heavy atom. The first-order valence-corrected chi connectivity index (χ1v) is 6.91. The van der Waals surface area contributed by atoms with Gasteiger partial charge in [-0.1, -0.05) is 36.8 Å². The predicted octanol–water partition coefficient (Wildman–Crippen LogP) is 4.07. The molecule has 20 heavy (non-hydrogen) atoms. The molecule has 0 spiro atoms. The molecule has 0 aliphatic rings. The van der Waals surface area contributed by atoms with Gasteiger partial charge in [-0.3, -0.25) is 4.79 Å². The minimum Gasteiger partial charge on any atom is -0.384 e. The number of para-hydroxylation sites is 1. The summed E-state index contributed by atoms with van der Waals surface area (Å²) < 4.78 is 0. The molecule has 0 unspecified atom stereocenters. The van der Waals surface area contributed by atoms with E-state index in [9.17, 15) is 4.79 Å². The molecule has 0 saturated carbocycles. The summed E-state index contributed by atoms with van der Waals surface area (Å²) in [6.45, 7) is 4.98. The summed E-state index contributed by atoms with van der Waals surface area (Å²) in [7, 11) is 0. The first-order valence-electron chi connectivity index (χ1n) is 6.91. The van der Waals surface area contributed by atoms with Crippen molar-refractivity contribution in [3.8, 4) is 0 Å². The second-order valence-electron chi connectivity index (χ2n) is 4.79. The van der Waals surface area contributed by atoms with E-state index in [4.69, 9.17) is 0 Å². The largest absolute Gasteiger partial charge is 0.384 e. The van der Waals surface area contributed by atoms with Gasteiger partial charge in [-0.2, -0.15) is 0 Å². The van der Waals surface area contributed by atoms with Gasteiger partial charge in [0.1, 0.15) is 0 Å². The molecule has 0 bridgehead atoms. The summed E-state index contributed by atoms with van der Waals surface area (Å²) in [5.41, 5.74) is 3.53. The fourth-order valence-electron chi connectivity index (χ4n) is 1.93. The fraction of sp³-hybridized carbons (Fsp3) is 0.235. The number of amides is 1. The van der Waals surface area contributed by atoms with Gasteiger partial charge >= 0.3 is 0 Å². The standard InChI is InChI=1S/C17H20N2O/c1-3-12-18-16-7-5-4-6-15(16)17(20)19-14-10-8-13(2)9-11-14/h4-11,18H,3,12H2,1-2H3,(H,19,20). The van der Waals surface area contributed by atoms with E-state index < -0.39 is 0 Å². The number of nitrogens with one attached hydrogen (secondary N) is 2. The lowest BCUT2D eigenvalue weighted by Crippen LogP contribution is -2.15. The SMILES string of the molecule is CCCNc1ccccc1C(=O)Nc1ccc(C)cc1. The Hall–Kier alpha value is -2.29. The summed E-state index contributed by atoms with van der Waals surface area (Å²) in [6.07, 6.45) is 1.02. The number of hydrogen-bond acceptors (Lipinski definition) is 2. The van der Waals surface area contributed by atoms with Gasteiger partial charge in [0.05, 0.1) is 5.56 Å². The van der Waals surface area contributed by atoms with Crippen molar-refractivity contribution in [2.75, 3.05) is 17.2 Å². The molecule has 2 N–H and O–H groups in total. The molecule has 0 aromatic heterocycles. The van der Waals surface area contributed by atoms with Crippen molar-refractivity contribution >= 4 is 17.3 Å². The predicted molar refractivity (Wildman–Crippen MR) is 84.4 cm³/mol. The Balaban J connectivity index is 2.14. The van der Waals surface area contributed by atoms with E-state index in [1.165, 1.54) is 5.56 Å². The molecule has 0 atom stereocenters. The van der Waals surface area contributed by atoms with Crippen LogP contribution < -0.4 is 10.6 Å². The van der Waals surface area contributed by atoms with E-state index in [1.807, 2.05) is 55.5 Å². The van der Waals surface area contributed by atoms with Crippen LogP contribution in [-0.2, 0) is 0 Å². The summed E-state index contributed by atoms with van der Waals surface area (Å²) in [4.78, 5) is 12.3. The highest BCUT2D eigenvalue weighted by atomic mass is 16.1. The normalized spacial score (nSPS) is 10.1.